The monoisotopic (exact) mass is 492 g/mol. The molecule has 2 N–H and O–H groups in total. The first-order valence-electron chi connectivity index (χ1n) is 13.2. The molecule has 3 heteroatoms. The fourth-order valence-corrected chi connectivity index (χ4v) is 6.09. The maximum atomic E-state index is 14.2. The van der Waals surface area contributed by atoms with Crippen LogP contribution in [-0.2, 0) is 16.2 Å². The SMILES string of the molecule is CC(C)(C)c1cc2c3c(c1)C(O)c1cc(C(C)(C)C)cc4c(O)c5cc(C(C)(C)C)cc(c5c-3c14)C2=O. The molecule has 0 saturated heterocycles. The Hall–Kier alpha value is -3.17. The second-order valence-corrected chi connectivity index (χ2v) is 14.1. The summed E-state index contributed by atoms with van der Waals surface area (Å²) in [7, 11) is 0. The van der Waals surface area contributed by atoms with Gasteiger partial charge in [0.25, 0.3) is 0 Å². The topological polar surface area (TPSA) is 57.5 Å². The molecule has 0 aromatic heterocycles. The van der Waals surface area contributed by atoms with E-state index in [1.165, 1.54) is 0 Å². The van der Waals surface area contributed by atoms with Gasteiger partial charge in [0.2, 0.25) is 0 Å². The molecule has 3 nitrogen and oxygen atoms in total. The van der Waals surface area contributed by atoms with Crippen LogP contribution in [0.4, 0.5) is 0 Å². The molecule has 190 valence electrons. The normalized spacial score (nSPS) is 16.8. The minimum absolute atomic E-state index is 0.0355. The molecule has 1 atom stereocenters. The summed E-state index contributed by atoms with van der Waals surface area (Å²) in [6.45, 7) is 19.3. The number of benzene rings is 4. The van der Waals surface area contributed by atoms with Gasteiger partial charge < -0.3 is 10.2 Å². The Kier molecular flexibility index (Phi) is 4.59. The highest BCUT2D eigenvalue weighted by molar-refractivity contribution is 6.33. The summed E-state index contributed by atoms with van der Waals surface area (Å²) in [5.74, 6) is 0.151. The molecular weight excluding hydrogens is 456 g/mol. The number of aromatic hydroxyl groups is 1. The molecule has 1 unspecified atom stereocenters. The van der Waals surface area contributed by atoms with Crippen molar-refractivity contribution in [2.24, 2.45) is 0 Å². The molecule has 4 aromatic rings. The van der Waals surface area contributed by atoms with Gasteiger partial charge in [-0.1, -0.05) is 74.4 Å². The van der Waals surface area contributed by atoms with E-state index in [0.717, 1.165) is 55.1 Å². The third-order valence-corrected chi connectivity index (χ3v) is 8.41. The molecule has 2 aliphatic carbocycles. The van der Waals surface area contributed by atoms with Crippen molar-refractivity contribution in [3.05, 3.63) is 75.3 Å². The maximum absolute atomic E-state index is 14.2. The lowest BCUT2D eigenvalue weighted by molar-refractivity contribution is 0.103. The zero-order valence-electron chi connectivity index (χ0n) is 23.3. The number of rotatable bonds is 0. The van der Waals surface area contributed by atoms with Crippen LogP contribution in [0.15, 0.2) is 36.4 Å². The molecule has 4 aromatic carbocycles. The molecule has 0 aliphatic heterocycles. The molecule has 0 bridgehead atoms. The summed E-state index contributed by atoms with van der Waals surface area (Å²) >= 11 is 0. The number of ketones is 1. The second kappa shape index (κ2) is 7.02. The summed E-state index contributed by atoms with van der Waals surface area (Å²) in [6, 6.07) is 12.4. The summed E-state index contributed by atoms with van der Waals surface area (Å²) < 4.78 is 0. The van der Waals surface area contributed by atoms with Crippen LogP contribution in [0.25, 0.3) is 32.7 Å². The van der Waals surface area contributed by atoms with Crippen molar-refractivity contribution >= 4 is 27.3 Å². The van der Waals surface area contributed by atoms with E-state index < -0.39 is 6.10 Å². The van der Waals surface area contributed by atoms with Crippen LogP contribution >= 0.6 is 0 Å². The van der Waals surface area contributed by atoms with Crippen molar-refractivity contribution < 1.29 is 15.0 Å². The third kappa shape index (κ3) is 3.19. The number of hydrogen-bond donors (Lipinski definition) is 2. The molecule has 0 fully saturated rings. The van der Waals surface area contributed by atoms with E-state index in [1.807, 2.05) is 12.1 Å². The molecule has 37 heavy (non-hydrogen) atoms. The highest BCUT2D eigenvalue weighted by Gasteiger charge is 2.39. The number of phenolic OH excluding ortho intramolecular Hbond substituents is 1. The first-order valence-corrected chi connectivity index (χ1v) is 13.2. The predicted octanol–water partition coefficient (Wildman–Crippen LogP) is 8.20. The fourth-order valence-electron chi connectivity index (χ4n) is 6.09. The lowest BCUT2D eigenvalue weighted by Gasteiger charge is -2.35. The Balaban J connectivity index is 1.92. The number of phenols is 1. The van der Waals surface area contributed by atoms with Gasteiger partial charge in [-0.25, -0.2) is 0 Å². The quantitative estimate of drug-likeness (QED) is 0.214. The first-order chi connectivity index (χ1) is 17.0. The first kappa shape index (κ1) is 24.2. The largest absolute Gasteiger partial charge is 0.507 e. The predicted molar refractivity (Wildman–Crippen MR) is 152 cm³/mol. The van der Waals surface area contributed by atoms with Gasteiger partial charge in [0.05, 0.1) is 0 Å². The van der Waals surface area contributed by atoms with E-state index in [-0.39, 0.29) is 27.8 Å². The molecule has 0 amide bonds. The van der Waals surface area contributed by atoms with E-state index in [1.54, 1.807) is 0 Å². The van der Waals surface area contributed by atoms with Crippen LogP contribution in [0.5, 0.6) is 5.75 Å². The molecule has 0 radical (unpaired) electrons. The lowest BCUT2D eigenvalue weighted by atomic mass is 9.68. The van der Waals surface area contributed by atoms with Crippen LogP contribution in [-0.4, -0.2) is 16.0 Å². The minimum atomic E-state index is -0.881. The van der Waals surface area contributed by atoms with Gasteiger partial charge >= 0.3 is 0 Å². The van der Waals surface area contributed by atoms with Crippen LogP contribution < -0.4 is 0 Å². The molecule has 0 spiro atoms. The fraction of sp³-hybridized carbons (Fsp3) is 0.382. The molecule has 0 saturated carbocycles. The minimum Gasteiger partial charge on any atom is -0.507 e. The maximum Gasteiger partial charge on any atom is 0.194 e. The van der Waals surface area contributed by atoms with E-state index in [4.69, 9.17) is 0 Å². The Labute approximate surface area is 219 Å². The molecule has 2 aliphatic rings. The summed E-state index contributed by atoms with van der Waals surface area (Å²) in [6.07, 6.45) is -0.881. The Bertz CT molecular complexity index is 1700. The number of carbonyl (C=O) groups is 1. The zero-order valence-corrected chi connectivity index (χ0v) is 23.3. The van der Waals surface area contributed by atoms with E-state index in [2.05, 4.69) is 86.6 Å². The molecule has 0 heterocycles. The van der Waals surface area contributed by atoms with Gasteiger partial charge in [0.1, 0.15) is 11.9 Å². The van der Waals surface area contributed by atoms with Crippen LogP contribution in [0.2, 0.25) is 0 Å². The van der Waals surface area contributed by atoms with Crippen molar-refractivity contribution in [1.29, 1.82) is 0 Å². The standard InChI is InChI=1S/C34H36O3/c1-32(2,3)16-10-19-25-20(11-16)30(36)22-13-18(34(7,8)9)15-24-27(22)28(25)26-21(29(19)35)12-17(33(4,5)6)14-23(26)31(24)37/h10-15,29,35-36H,1-9H3. The van der Waals surface area contributed by atoms with E-state index in [9.17, 15) is 15.0 Å². The summed E-state index contributed by atoms with van der Waals surface area (Å²) in [5.41, 5.74) is 7.24. The van der Waals surface area contributed by atoms with Crippen molar-refractivity contribution in [3.63, 3.8) is 0 Å². The number of aliphatic hydroxyl groups excluding tert-OH is 1. The summed E-state index contributed by atoms with van der Waals surface area (Å²) in [4.78, 5) is 14.2. The van der Waals surface area contributed by atoms with Gasteiger partial charge in [-0.3, -0.25) is 4.79 Å². The lowest BCUT2D eigenvalue weighted by Crippen LogP contribution is -2.23. The smallest absolute Gasteiger partial charge is 0.194 e. The van der Waals surface area contributed by atoms with E-state index >= 15 is 0 Å². The van der Waals surface area contributed by atoms with Crippen molar-refractivity contribution in [2.45, 2.75) is 84.7 Å². The van der Waals surface area contributed by atoms with Crippen LogP contribution in [0.3, 0.4) is 0 Å². The van der Waals surface area contributed by atoms with Gasteiger partial charge in [0.15, 0.2) is 5.78 Å². The van der Waals surface area contributed by atoms with Gasteiger partial charge in [0, 0.05) is 38.2 Å². The Morgan fingerprint density at radius 1 is 0.595 bits per heavy atom. The second-order valence-electron chi connectivity index (χ2n) is 14.1. The van der Waals surface area contributed by atoms with E-state index in [0.29, 0.717) is 16.5 Å². The zero-order chi connectivity index (χ0) is 27.0. The van der Waals surface area contributed by atoms with Crippen molar-refractivity contribution in [2.75, 3.05) is 0 Å². The highest BCUT2D eigenvalue weighted by Crippen LogP contribution is 2.56. The molecule has 6 rings (SSSR count). The highest BCUT2D eigenvalue weighted by atomic mass is 16.3. The number of aliphatic hydroxyl groups is 1. The molecular formula is C34H36O3. The average Bonchev–Trinajstić information content (AvgIpc) is 2.79. The van der Waals surface area contributed by atoms with Gasteiger partial charge in [-0.05, 0) is 73.9 Å². The Morgan fingerprint density at radius 2 is 1.05 bits per heavy atom. The average molecular weight is 493 g/mol. The van der Waals surface area contributed by atoms with Gasteiger partial charge in [-0.2, -0.15) is 0 Å². The van der Waals surface area contributed by atoms with Crippen molar-refractivity contribution in [3.8, 4) is 16.9 Å². The summed E-state index contributed by atoms with van der Waals surface area (Å²) in [5, 5.41) is 26.8. The van der Waals surface area contributed by atoms with Crippen LogP contribution in [0.1, 0.15) is 112 Å². The van der Waals surface area contributed by atoms with Gasteiger partial charge in [-0.15, -0.1) is 0 Å². The third-order valence-electron chi connectivity index (χ3n) is 8.41. The number of hydrogen-bond acceptors (Lipinski definition) is 3. The number of carbonyl (C=O) groups excluding carboxylic acids is 1. The Morgan fingerprint density at radius 3 is 1.62 bits per heavy atom. The van der Waals surface area contributed by atoms with Crippen molar-refractivity contribution in [1.82, 2.24) is 0 Å². The van der Waals surface area contributed by atoms with Crippen LogP contribution in [0, 0.1) is 0 Å².